The Labute approximate surface area is 324 Å². The molecule has 0 spiro atoms. The molecule has 0 bridgehead atoms. The first-order valence-corrected chi connectivity index (χ1v) is 21.1. The van der Waals surface area contributed by atoms with Crippen LogP contribution in [0.1, 0.15) is 63.6 Å². The number of nitrogens with zero attached hydrogens (tertiary/aromatic N) is 1. The summed E-state index contributed by atoms with van der Waals surface area (Å²) in [7, 11) is -3.73. The second kappa shape index (κ2) is 14.8. The number of hydrogen-bond acceptors (Lipinski definition) is 4. The van der Waals surface area contributed by atoms with Crippen LogP contribution >= 0.6 is 15.9 Å². The van der Waals surface area contributed by atoms with Gasteiger partial charge in [-0.1, -0.05) is 115 Å². The highest BCUT2D eigenvalue weighted by molar-refractivity contribution is 9.10. The van der Waals surface area contributed by atoms with Crippen molar-refractivity contribution in [3.8, 4) is 0 Å². The van der Waals surface area contributed by atoms with Crippen molar-refractivity contribution >= 4 is 58.7 Å². The van der Waals surface area contributed by atoms with E-state index in [1.165, 1.54) is 49.6 Å². The third-order valence-electron chi connectivity index (χ3n) is 11.3. The Kier molecular flexibility index (Phi) is 10.3. The molecule has 272 valence electrons. The van der Waals surface area contributed by atoms with Gasteiger partial charge >= 0.3 is 0 Å². The van der Waals surface area contributed by atoms with Crippen molar-refractivity contribution in [1.82, 2.24) is 0 Å². The minimum Gasteiger partial charge on any atom is -0.385 e. The molecule has 0 fully saturated rings. The smallest absolute Gasteiger partial charge is 0.203 e. The zero-order chi connectivity index (χ0) is 37.5. The van der Waals surface area contributed by atoms with Crippen molar-refractivity contribution in [1.29, 1.82) is 0 Å². The number of likely N-dealkylation sites (N-methyl/N-ethyl adjacent to an activating group) is 1. The molecule has 1 unspecified atom stereocenters. The Morgan fingerprint density at radius 3 is 2.45 bits per heavy atom. The van der Waals surface area contributed by atoms with Gasteiger partial charge in [0.25, 0.3) is 0 Å². The molecule has 0 aromatic heterocycles. The predicted octanol–water partition coefficient (Wildman–Crippen LogP) is 12.4. The average molecular weight is 786 g/mol. The van der Waals surface area contributed by atoms with Gasteiger partial charge in [0, 0.05) is 46.5 Å². The highest BCUT2D eigenvalue weighted by Crippen LogP contribution is 2.45. The van der Waals surface area contributed by atoms with Gasteiger partial charge in [-0.25, -0.2) is 8.42 Å². The molecule has 1 heterocycles. The van der Waals surface area contributed by atoms with Crippen molar-refractivity contribution in [3.05, 3.63) is 159 Å². The van der Waals surface area contributed by atoms with E-state index in [1.807, 2.05) is 24.3 Å². The van der Waals surface area contributed by atoms with E-state index in [4.69, 9.17) is 0 Å². The Balaban J connectivity index is 1.24. The molecule has 0 amide bonds. The van der Waals surface area contributed by atoms with Gasteiger partial charge in [0.05, 0.1) is 9.80 Å². The molecule has 1 N–H and O–H groups in total. The molecule has 2 aliphatic rings. The number of rotatable bonds is 11. The van der Waals surface area contributed by atoms with Crippen LogP contribution in [0.15, 0.2) is 147 Å². The van der Waals surface area contributed by atoms with Crippen LogP contribution in [0.3, 0.4) is 0 Å². The number of fused-ring (bicyclic) bond motifs is 4. The van der Waals surface area contributed by atoms with Gasteiger partial charge in [0.2, 0.25) is 9.84 Å². The zero-order valence-corrected chi connectivity index (χ0v) is 33.9. The topological polar surface area (TPSA) is 49.4 Å². The van der Waals surface area contributed by atoms with Gasteiger partial charge in [-0.15, -0.1) is 0 Å². The molecule has 5 aromatic rings. The first-order chi connectivity index (χ1) is 25.4. The molecule has 6 heteroatoms. The number of aryl methyl sites for hydroxylation is 1. The van der Waals surface area contributed by atoms with Crippen molar-refractivity contribution in [2.24, 2.45) is 5.92 Å². The minimum atomic E-state index is -3.73. The molecule has 7 rings (SSSR count). The van der Waals surface area contributed by atoms with E-state index >= 15 is 0 Å². The fraction of sp³-hybridized carbons (Fsp3) is 0.277. The highest BCUT2D eigenvalue weighted by atomic mass is 79.9. The maximum absolute atomic E-state index is 14.5. The van der Waals surface area contributed by atoms with Crippen LogP contribution < -0.4 is 10.2 Å². The normalized spacial score (nSPS) is 17.1. The van der Waals surface area contributed by atoms with Gasteiger partial charge < -0.3 is 10.2 Å². The van der Waals surface area contributed by atoms with E-state index < -0.39 is 15.3 Å². The molecule has 0 saturated heterocycles. The summed E-state index contributed by atoms with van der Waals surface area (Å²) >= 11 is 3.63. The van der Waals surface area contributed by atoms with Gasteiger partial charge in [0.15, 0.2) is 0 Å². The largest absolute Gasteiger partial charge is 0.385 e. The molecular weight excluding hydrogens is 736 g/mol. The Hall–Kier alpha value is -4.39. The van der Waals surface area contributed by atoms with Gasteiger partial charge in [-0.3, -0.25) is 0 Å². The van der Waals surface area contributed by atoms with Crippen LogP contribution in [0.5, 0.6) is 0 Å². The van der Waals surface area contributed by atoms with Crippen LogP contribution in [-0.2, 0) is 21.7 Å². The third-order valence-corrected chi connectivity index (χ3v) is 13.8. The monoisotopic (exact) mass is 784 g/mol. The SMILES string of the molecule is C=C(/C=C/C1=C(S(=O)(=O)c2ccccc2)C(C/C=C2\Cc3c(ccc4cc(Br)ccc34)N2CC)CC1)C(C)(C)c1c(NCC)ccc2cc(C)ccc12. The highest BCUT2D eigenvalue weighted by Gasteiger charge is 2.35. The zero-order valence-electron chi connectivity index (χ0n) is 31.5. The van der Waals surface area contributed by atoms with Crippen molar-refractivity contribution in [3.63, 3.8) is 0 Å². The van der Waals surface area contributed by atoms with Crippen LogP contribution in [-0.4, -0.2) is 21.5 Å². The van der Waals surface area contributed by atoms with Crippen LogP contribution in [0, 0.1) is 12.8 Å². The van der Waals surface area contributed by atoms with E-state index in [9.17, 15) is 8.42 Å². The average Bonchev–Trinajstić information content (AvgIpc) is 3.74. The molecule has 1 aliphatic heterocycles. The quantitative estimate of drug-likeness (QED) is 0.136. The number of anilines is 2. The molecule has 0 saturated carbocycles. The van der Waals surface area contributed by atoms with Crippen LogP contribution in [0.25, 0.3) is 21.5 Å². The molecule has 0 radical (unpaired) electrons. The summed E-state index contributed by atoms with van der Waals surface area (Å²) in [5.41, 5.74) is 8.74. The lowest BCUT2D eigenvalue weighted by Gasteiger charge is -2.31. The molecule has 1 aliphatic carbocycles. The summed E-state index contributed by atoms with van der Waals surface area (Å²) in [5.74, 6) is -0.120. The maximum atomic E-state index is 14.5. The van der Waals surface area contributed by atoms with Gasteiger partial charge in [-0.05, 0) is 126 Å². The van der Waals surface area contributed by atoms with Crippen molar-refractivity contribution in [2.75, 3.05) is 23.3 Å². The standard InChI is InChI=1S/C47H49BrN2O2S/c1-7-49-43-26-20-35-28-31(3)14-24-41(35)45(43)47(5,6)32(4)15-16-33-17-18-34(46(33)53(51,52)39-12-10-9-11-13-39)19-23-38-30-42-40-25-22-37(48)29-36(40)21-27-44(42)50(38)8-2/h9-16,20-29,34,49H,4,7-8,17-19,30H2,1-3,5-6H3/b16-15+,38-23+. The summed E-state index contributed by atoms with van der Waals surface area (Å²) in [6.07, 6.45) is 9.40. The summed E-state index contributed by atoms with van der Waals surface area (Å²) in [5, 5.41) is 8.48. The molecule has 4 nitrogen and oxygen atoms in total. The molecule has 5 aromatic carbocycles. The fourth-order valence-corrected chi connectivity index (χ4v) is 10.8. The van der Waals surface area contributed by atoms with Crippen LogP contribution in [0.4, 0.5) is 11.4 Å². The van der Waals surface area contributed by atoms with Crippen LogP contribution in [0.2, 0.25) is 0 Å². The van der Waals surface area contributed by atoms with E-state index in [2.05, 4.69) is 140 Å². The molecular formula is C47H49BrN2O2S. The first kappa shape index (κ1) is 36.9. The van der Waals surface area contributed by atoms with Gasteiger partial charge in [0.1, 0.15) is 0 Å². The van der Waals surface area contributed by atoms with E-state index in [1.54, 1.807) is 12.1 Å². The number of benzene rings is 5. The minimum absolute atomic E-state index is 0.120. The second-order valence-corrected chi connectivity index (χ2v) is 17.8. The lowest BCUT2D eigenvalue weighted by atomic mass is 9.75. The predicted molar refractivity (Wildman–Crippen MR) is 229 cm³/mol. The Morgan fingerprint density at radius 1 is 0.962 bits per heavy atom. The van der Waals surface area contributed by atoms with Crippen molar-refractivity contribution < 1.29 is 8.42 Å². The maximum Gasteiger partial charge on any atom is 0.203 e. The number of hydrogen-bond donors (Lipinski definition) is 1. The lowest BCUT2D eigenvalue weighted by molar-refractivity contribution is 0.580. The molecule has 53 heavy (non-hydrogen) atoms. The molecule has 1 atom stereocenters. The summed E-state index contributed by atoms with van der Waals surface area (Å²) in [6.45, 7) is 17.1. The van der Waals surface area contributed by atoms with E-state index in [-0.39, 0.29) is 5.92 Å². The number of halogens is 1. The number of nitrogens with one attached hydrogen (secondary N) is 1. The lowest BCUT2D eigenvalue weighted by Crippen LogP contribution is -2.21. The summed E-state index contributed by atoms with van der Waals surface area (Å²) in [6, 6.07) is 30.8. The summed E-state index contributed by atoms with van der Waals surface area (Å²) in [4.78, 5) is 3.29. The fourth-order valence-electron chi connectivity index (χ4n) is 8.44. The van der Waals surface area contributed by atoms with Crippen molar-refractivity contribution in [2.45, 2.75) is 70.6 Å². The Morgan fingerprint density at radius 2 is 1.70 bits per heavy atom. The third kappa shape index (κ3) is 6.92. The van der Waals surface area contributed by atoms with E-state index in [0.29, 0.717) is 22.6 Å². The number of sulfone groups is 1. The van der Waals surface area contributed by atoms with Gasteiger partial charge in [-0.2, -0.15) is 0 Å². The first-order valence-electron chi connectivity index (χ1n) is 18.8. The Bertz CT molecular complexity index is 2440. The van der Waals surface area contributed by atoms with E-state index in [0.717, 1.165) is 47.2 Å². The second-order valence-electron chi connectivity index (χ2n) is 14.9. The summed E-state index contributed by atoms with van der Waals surface area (Å²) < 4.78 is 30.1. The number of allylic oxidation sites excluding steroid dienone is 7.